The van der Waals surface area contributed by atoms with Gasteiger partial charge < -0.3 is 5.73 Å². The molecule has 1 aromatic rings. The van der Waals surface area contributed by atoms with E-state index in [1.807, 2.05) is 17.9 Å². The summed E-state index contributed by atoms with van der Waals surface area (Å²) in [6, 6.07) is 0. The fraction of sp³-hybridized carbons (Fsp3) is 0.727. The second kappa shape index (κ2) is 2.83. The highest BCUT2D eigenvalue weighted by Gasteiger charge is 2.58. The molecule has 1 heterocycles. The molecule has 1 saturated carbocycles. The summed E-state index contributed by atoms with van der Waals surface area (Å²) < 4.78 is 1.94. The van der Waals surface area contributed by atoms with Gasteiger partial charge in [0, 0.05) is 12.7 Å². The summed E-state index contributed by atoms with van der Waals surface area (Å²) in [5, 5.41) is 4.29. The molecule has 0 amide bonds. The SMILES string of the molecule is Cc1c([C@H]2[C@H](CN)C2(C)C)cnn1C. The van der Waals surface area contributed by atoms with Crippen LogP contribution in [0.1, 0.15) is 31.0 Å². The van der Waals surface area contributed by atoms with E-state index in [1.54, 1.807) is 0 Å². The standard InChI is InChI=1S/C11H19N3/c1-7-8(6-13-14(7)4)10-9(5-12)11(10,2)3/h6,9-10H,5,12H2,1-4H3/t9-,10-/m0/s1. The van der Waals surface area contributed by atoms with Crippen molar-refractivity contribution < 1.29 is 0 Å². The smallest absolute Gasteiger partial charge is 0.0527 e. The molecule has 3 nitrogen and oxygen atoms in total. The zero-order valence-electron chi connectivity index (χ0n) is 9.41. The number of rotatable bonds is 2. The van der Waals surface area contributed by atoms with Crippen molar-refractivity contribution in [2.24, 2.45) is 24.1 Å². The topological polar surface area (TPSA) is 43.8 Å². The van der Waals surface area contributed by atoms with E-state index in [0.717, 1.165) is 6.54 Å². The molecule has 0 unspecified atom stereocenters. The molecule has 0 aromatic carbocycles. The Morgan fingerprint density at radius 2 is 2.21 bits per heavy atom. The Hall–Kier alpha value is -0.830. The third-order valence-corrected chi connectivity index (χ3v) is 3.91. The van der Waals surface area contributed by atoms with E-state index in [9.17, 15) is 0 Å². The van der Waals surface area contributed by atoms with E-state index < -0.39 is 0 Å². The van der Waals surface area contributed by atoms with Crippen LogP contribution >= 0.6 is 0 Å². The molecule has 0 aliphatic heterocycles. The lowest BCUT2D eigenvalue weighted by Gasteiger charge is -2.01. The van der Waals surface area contributed by atoms with Gasteiger partial charge in [-0.2, -0.15) is 5.10 Å². The van der Waals surface area contributed by atoms with Crippen LogP contribution in [-0.2, 0) is 7.05 Å². The van der Waals surface area contributed by atoms with Crippen molar-refractivity contribution in [2.45, 2.75) is 26.7 Å². The van der Waals surface area contributed by atoms with Gasteiger partial charge in [-0.25, -0.2) is 0 Å². The third kappa shape index (κ3) is 1.12. The molecule has 1 aliphatic rings. The molecule has 2 atom stereocenters. The van der Waals surface area contributed by atoms with E-state index in [1.165, 1.54) is 11.3 Å². The lowest BCUT2D eigenvalue weighted by atomic mass is 10.0. The molecule has 1 aromatic heterocycles. The van der Waals surface area contributed by atoms with Crippen molar-refractivity contribution >= 4 is 0 Å². The molecular formula is C11H19N3. The fourth-order valence-corrected chi connectivity index (χ4v) is 2.62. The van der Waals surface area contributed by atoms with Crippen LogP contribution in [0.25, 0.3) is 0 Å². The van der Waals surface area contributed by atoms with Crippen LogP contribution in [0.15, 0.2) is 6.20 Å². The van der Waals surface area contributed by atoms with Crippen LogP contribution in [0.3, 0.4) is 0 Å². The second-order valence-corrected chi connectivity index (χ2v) is 4.95. The summed E-state index contributed by atoms with van der Waals surface area (Å²) in [4.78, 5) is 0. The normalized spacial score (nSPS) is 29.2. The lowest BCUT2D eigenvalue weighted by Crippen LogP contribution is -2.05. The van der Waals surface area contributed by atoms with Crippen LogP contribution < -0.4 is 5.73 Å². The minimum atomic E-state index is 0.364. The van der Waals surface area contributed by atoms with Crippen molar-refractivity contribution in [2.75, 3.05) is 6.54 Å². The van der Waals surface area contributed by atoms with Crippen LogP contribution in [-0.4, -0.2) is 16.3 Å². The van der Waals surface area contributed by atoms with Crippen LogP contribution in [0, 0.1) is 18.3 Å². The maximum atomic E-state index is 5.77. The quantitative estimate of drug-likeness (QED) is 0.772. The predicted octanol–water partition coefficient (Wildman–Crippen LogP) is 1.43. The molecule has 1 aliphatic carbocycles. The maximum Gasteiger partial charge on any atom is 0.0527 e. The molecule has 14 heavy (non-hydrogen) atoms. The molecule has 78 valence electrons. The number of aromatic nitrogens is 2. The zero-order valence-corrected chi connectivity index (χ0v) is 9.41. The van der Waals surface area contributed by atoms with E-state index >= 15 is 0 Å². The number of nitrogens with two attached hydrogens (primary N) is 1. The summed E-state index contributed by atoms with van der Waals surface area (Å²) >= 11 is 0. The Balaban J connectivity index is 2.31. The summed E-state index contributed by atoms with van der Waals surface area (Å²) in [7, 11) is 1.99. The van der Waals surface area contributed by atoms with Crippen molar-refractivity contribution in [1.82, 2.24) is 9.78 Å². The van der Waals surface area contributed by atoms with Crippen LogP contribution in [0.2, 0.25) is 0 Å². The summed E-state index contributed by atoms with van der Waals surface area (Å²) in [6.07, 6.45) is 2.00. The van der Waals surface area contributed by atoms with Gasteiger partial charge in [-0.05, 0) is 36.3 Å². The zero-order chi connectivity index (χ0) is 10.5. The molecule has 1 fully saturated rings. The first-order valence-electron chi connectivity index (χ1n) is 5.18. The van der Waals surface area contributed by atoms with Crippen molar-refractivity contribution in [3.8, 4) is 0 Å². The lowest BCUT2D eigenvalue weighted by molar-refractivity contribution is 0.558. The third-order valence-electron chi connectivity index (χ3n) is 3.91. The first kappa shape index (κ1) is 9.71. The minimum Gasteiger partial charge on any atom is -0.330 e. The Bertz CT molecular complexity index is 351. The monoisotopic (exact) mass is 193 g/mol. The molecule has 0 bridgehead atoms. The summed E-state index contributed by atoms with van der Waals surface area (Å²) in [5.74, 6) is 1.24. The van der Waals surface area contributed by atoms with Crippen molar-refractivity contribution in [3.63, 3.8) is 0 Å². The Morgan fingerprint density at radius 1 is 1.57 bits per heavy atom. The molecule has 0 radical (unpaired) electrons. The molecule has 0 spiro atoms. The van der Waals surface area contributed by atoms with Gasteiger partial charge in [0.25, 0.3) is 0 Å². The van der Waals surface area contributed by atoms with E-state index in [2.05, 4.69) is 25.9 Å². The van der Waals surface area contributed by atoms with Crippen LogP contribution in [0.5, 0.6) is 0 Å². The molecule has 2 rings (SSSR count). The predicted molar refractivity (Wildman–Crippen MR) is 57.0 cm³/mol. The molecule has 3 heteroatoms. The summed E-state index contributed by atoms with van der Waals surface area (Å²) in [5.41, 5.74) is 8.79. The van der Waals surface area contributed by atoms with Gasteiger partial charge in [-0.15, -0.1) is 0 Å². The maximum absolute atomic E-state index is 5.77. The van der Waals surface area contributed by atoms with Crippen LogP contribution in [0.4, 0.5) is 0 Å². The van der Waals surface area contributed by atoms with E-state index in [4.69, 9.17) is 5.73 Å². The van der Waals surface area contributed by atoms with Crippen molar-refractivity contribution in [3.05, 3.63) is 17.5 Å². The Labute approximate surface area is 85.3 Å². The number of hydrogen-bond donors (Lipinski definition) is 1. The number of aryl methyl sites for hydroxylation is 1. The highest BCUT2D eigenvalue weighted by Crippen LogP contribution is 2.64. The fourth-order valence-electron chi connectivity index (χ4n) is 2.62. The van der Waals surface area contributed by atoms with Gasteiger partial charge in [0.15, 0.2) is 0 Å². The Kier molecular flexibility index (Phi) is 1.96. The van der Waals surface area contributed by atoms with Gasteiger partial charge in [0.05, 0.1) is 6.20 Å². The number of hydrogen-bond acceptors (Lipinski definition) is 2. The Morgan fingerprint density at radius 3 is 2.57 bits per heavy atom. The molecule has 0 saturated heterocycles. The van der Waals surface area contributed by atoms with Gasteiger partial charge in [0.1, 0.15) is 0 Å². The van der Waals surface area contributed by atoms with Gasteiger partial charge in [0.2, 0.25) is 0 Å². The van der Waals surface area contributed by atoms with Gasteiger partial charge >= 0.3 is 0 Å². The first-order chi connectivity index (χ1) is 6.50. The van der Waals surface area contributed by atoms with Gasteiger partial charge in [-0.3, -0.25) is 4.68 Å². The average molecular weight is 193 g/mol. The molecular weight excluding hydrogens is 174 g/mol. The average Bonchev–Trinajstić information content (AvgIpc) is 2.52. The molecule has 2 N–H and O–H groups in total. The van der Waals surface area contributed by atoms with E-state index in [0.29, 0.717) is 17.3 Å². The summed E-state index contributed by atoms with van der Waals surface area (Å²) in [6.45, 7) is 7.50. The number of nitrogens with zero attached hydrogens (tertiary/aromatic N) is 2. The van der Waals surface area contributed by atoms with E-state index in [-0.39, 0.29) is 0 Å². The van der Waals surface area contributed by atoms with Gasteiger partial charge in [-0.1, -0.05) is 13.8 Å². The highest BCUT2D eigenvalue weighted by atomic mass is 15.3. The second-order valence-electron chi connectivity index (χ2n) is 4.95. The largest absolute Gasteiger partial charge is 0.330 e. The van der Waals surface area contributed by atoms with Crippen molar-refractivity contribution in [1.29, 1.82) is 0 Å². The first-order valence-corrected chi connectivity index (χ1v) is 5.18. The highest BCUT2D eigenvalue weighted by molar-refractivity contribution is 5.33. The minimum absolute atomic E-state index is 0.364.